The summed E-state index contributed by atoms with van der Waals surface area (Å²) in [5.41, 5.74) is 0.678. The van der Waals surface area contributed by atoms with E-state index in [1.165, 1.54) is 11.3 Å². The molecule has 2 aromatic heterocycles. The highest BCUT2D eigenvalue weighted by atomic mass is 35.5. The Kier molecular flexibility index (Phi) is 6.26. The maximum atomic E-state index is 12.6. The van der Waals surface area contributed by atoms with Crippen molar-refractivity contribution >= 4 is 39.5 Å². The summed E-state index contributed by atoms with van der Waals surface area (Å²) in [5.74, 6) is 0.225. The van der Waals surface area contributed by atoms with Gasteiger partial charge >= 0.3 is 0 Å². The first kappa shape index (κ1) is 19.9. The number of furan rings is 1. The van der Waals surface area contributed by atoms with Crippen LogP contribution in [0.25, 0.3) is 10.8 Å². The molecule has 25 heavy (non-hydrogen) atoms. The number of amides is 1. The fraction of sp³-hybridized carbons (Fsp3) is 0.467. The number of piperidine rings is 1. The molecular weight excluding hydrogens is 386 g/mol. The van der Waals surface area contributed by atoms with Crippen LogP contribution < -0.4 is 10.6 Å². The highest BCUT2D eigenvalue weighted by Gasteiger charge is 2.48. The number of halogens is 1. The molecule has 1 aliphatic heterocycles. The number of thiazole rings is 1. The minimum atomic E-state index is -3.51. The van der Waals surface area contributed by atoms with Crippen molar-refractivity contribution < 1.29 is 17.6 Å². The minimum Gasteiger partial charge on any atom is -0.462 e. The van der Waals surface area contributed by atoms with Crippen LogP contribution in [0, 0.1) is 0 Å². The van der Waals surface area contributed by atoms with Crippen molar-refractivity contribution in [3.63, 3.8) is 0 Å². The summed E-state index contributed by atoms with van der Waals surface area (Å²) in [5, 5.41) is 8.39. The van der Waals surface area contributed by atoms with Crippen molar-refractivity contribution in [1.82, 2.24) is 15.6 Å². The van der Waals surface area contributed by atoms with Crippen molar-refractivity contribution in [2.24, 2.45) is 0 Å². The van der Waals surface area contributed by atoms with Gasteiger partial charge in [0.2, 0.25) is 5.91 Å². The van der Waals surface area contributed by atoms with E-state index in [9.17, 15) is 13.2 Å². The maximum Gasteiger partial charge on any atom is 0.241 e. The standard InChI is InChI=1S/C15H19N3O4S2.ClH/c1-24(20,21)15(4-6-16-7-5-15)14(19)17-9-11-10-23-13(18-11)12-3-2-8-22-12;/h2-3,8,10,16H,4-7,9H2,1H3,(H,17,19);1H. The van der Waals surface area contributed by atoms with Gasteiger partial charge in [-0.25, -0.2) is 13.4 Å². The Balaban J connectivity index is 0.00000225. The molecule has 2 aromatic rings. The van der Waals surface area contributed by atoms with Gasteiger partial charge in [0.1, 0.15) is 0 Å². The van der Waals surface area contributed by atoms with E-state index in [-0.39, 0.29) is 31.8 Å². The van der Waals surface area contributed by atoms with Crippen molar-refractivity contribution in [2.75, 3.05) is 19.3 Å². The SMILES string of the molecule is CS(=O)(=O)C1(C(=O)NCc2csc(-c3ccco3)n2)CCNCC1.Cl. The number of carbonyl (C=O) groups is 1. The summed E-state index contributed by atoms with van der Waals surface area (Å²) in [6.07, 6.45) is 3.28. The Morgan fingerprint density at radius 1 is 1.44 bits per heavy atom. The van der Waals surface area contributed by atoms with Gasteiger partial charge in [0.25, 0.3) is 0 Å². The second kappa shape index (κ2) is 7.86. The Morgan fingerprint density at radius 2 is 2.16 bits per heavy atom. The predicted octanol–water partition coefficient (Wildman–Crippen LogP) is 1.61. The van der Waals surface area contributed by atoms with Crippen molar-refractivity contribution in [1.29, 1.82) is 0 Å². The van der Waals surface area contributed by atoms with E-state index in [4.69, 9.17) is 4.42 Å². The number of nitrogens with zero attached hydrogens (tertiary/aromatic N) is 1. The molecule has 0 unspecified atom stereocenters. The zero-order chi connectivity index (χ0) is 17.2. The quantitative estimate of drug-likeness (QED) is 0.783. The molecule has 1 aliphatic rings. The first-order chi connectivity index (χ1) is 11.4. The molecular formula is C15H20ClN3O4S2. The smallest absolute Gasteiger partial charge is 0.241 e. The summed E-state index contributed by atoms with van der Waals surface area (Å²) >= 11 is 1.41. The Labute approximate surface area is 156 Å². The number of sulfone groups is 1. The van der Waals surface area contributed by atoms with Gasteiger partial charge in [-0.2, -0.15) is 0 Å². The summed E-state index contributed by atoms with van der Waals surface area (Å²) < 4.78 is 28.4. The minimum absolute atomic E-state index is 0. The molecule has 10 heteroatoms. The van der Waals surface area contributed by atoms with Gasteiger partial charge in [-0.15, -0.1) is 23.7 Å². The number of rotatable bonds is 5. The lowest BCUT2D eigenvalue weighted by atomic mass is 9.96. The van der Waals surface area contributed by atoms with E-state index in [1.807, 2.05) is 11.4 Å². The van der Waals surface area contributed by atoms with E-state index >= 15 is 0 Å². The Morgan fingerprint density at radius 3 is 2.76 bits per heavy atom. The van der Waals surface area contributed by atoms with Gasteiger partial charge in [-0.3, -0.25) is 4.79 Å². The third kappa shape index (κ3) is 4.05. The highest BCUT2D eigenvalue weighted by molar-refractivity contribution is 7.92. The van der Waals surface area contributed by atoms with Crippen LogP contribution in [-0.2, 0) is 21.2 Å². The second-order valence-electron chi connectivity index (χ2n) is 5.82. The molecule has 0 radical (unpaired) electrons. The fourth-order valence-corrected chi connectivity index (χ4v) is 4.97. The molecule has 3 rings (SSSR count). The number of nitrogens with one attached hydrogen (secondary N) is 2. The van der Waals surface area contributed by atoms with E-state index in [1.54, 1.807) is 12.3 Å². The van der Waals surface area contributed by atoms with Crippen LogP contribution in [0.5, 0.6) is 0 Å². The molecule has 2 N–H and O–H groups in total. The van der Waals surface area contributed by atoms with E-state index in [2.05, 4.69) is 15.6 Å². The molecule has 1 amide bonds. The van der Waals surface area contributed by atoms with Crippen LogP contribution in [-0.4, -0.2) is 43.4 Å². The van der Waals surface area contributed by atoms with Crippen LogP contribution in [0.2, 0.25) is 0 Å². The summed E-state index contributed by atoms with van der Waals surface area (Å²) in [7, 11) is -3.51. The first-order valence-electron chi connectivity index (χ1n) is 7.59. The lowest BCUT2D eigenvalue weighted by molar-refractivity contribution is -0.124. The zero-order valence-electron chi connectivity index (χ0n) is 13.6. The first-order valence-corrected chi connectivity index (χ1v) is 10.4. The highest BCUT2D eigenvalue weighted by Crippen LogP contribution is 2.28. The summed E-state index contributed by atoms with van der Waals surface area (Å²) in [6.45, 7) is 1.22. The number of hydrogen-bond donors (Lipinski definition) is 2. The van der Waals surface area contributed by atoms with E-state index in [0.29, 0.717) is 24.5 Å². The van der Waals surface area contributed by atoms with Gasteiger partial charge in [-0.05, 0) is 38.1 Å². The van der Waals surface area contributed by atoms with Crippen LogP contribution in [0.1, 0.15) is 18.5 Å². The van der Waals surface area contributed by atoms with Gasteiger partial charge in [0.05, 0.1) is 18.5 Å². The van der Waals surface area contributed by atoms with Crippen molar-refractivity contribution in [3.8, 4) is 10.8 Å². The van der Waals surface area contributed by atoms with Crippen LogP contribution in [0.15, 0.2) is 28.2 Å². The summed E-state index contributed by atoms with van der Waals surface area (Å²) in [6, 6.07) is 3.60. The molecule has 0 aromatic carbocycles. The lowest BCUT2D eigenvalue weighted by Crippen LogP contribution is -2.57. The third-order valence-corrected chi connectivity index (χ3v) is 7.17. The van der Waals surface area contributed by atoms with Crippen molar-refractivity contribution in [2.45, 2.75) is 24.1 Å². The largest absolute Gasteiger partial charge is 0.462 e. The van der Waals surface area contributed by atoms with Crippen molar-refractivity contribution in [3.05, 3.63) is 29.5 Å². The number of hydrogen-bond acceptors (Lipinski definition) is 7. The van der Waals surface area contributed by atoms with Gasteiger partial charge in [0.15, 0.2) is 25.4 Å². The number of aromatic nitrogens is 1. The third-order valence-electron chi connectivity index (χ3n) is 4.25. The average molecular weight is 406 g/mol. The van der Waals surface area contributed by atoms with Gasteiger partial charge < -0.3 is 15.1 Å². The molecule has 0 saturated carbocycles. The zero-order valence-corrected chi connectivity index (χ0v) is 16.1. The summed E-state index contributed by atoms with van der Waals surface area (Å²) in [4.78, 5) is 17.0. The molecule has 1 saturated heterocycles. The van der Waals surface area contributed by atoms with Gasteiger partial charge in [0, 0.05) is 11.6 Å². The fourth-order valence-electron chi connectivity index (χ4n) is 2.83. The van der Waals surface area contributed by atoms with E-state index in [0.717, 1.165) is 11.3 Å². The Bertz CT molecular complexity index is 812. The lowest BCUT2D eigenvalue weighted by Gasteiger charge is -2.34. The molecule has 0 atom stereocenters. The maximum absolute atomic E-state index is 12.6. The van der Waals surface area contributed by atoms with E-state index < -0.39 is 20.5 Å². The molecule has 7 nitrogen and oxygen atoms in total. The van der Waals surface area contributed by atoms with Crippen LogP contribution in [0.4, 0.5) is 0 Å². The topological polar surface area (TPSA) is 101 Å². The molecule has 3 heterocycles. The predicted molar refractivity (Wildman–Crippen MR) is 98.6 cm³/mol. The Hall–Kier alpha value is -1.42. The molecule has 0 aliphatic carbocycles. The second-order valence-corrected chi connectivity index (χ2v) is 9.00. The normalized spacial score (nSPS) is 16.8. The molecule has 0 spiro atoms. The molecule has 0 bridgehead atoms. The van der Waals surface area contributed by atoms with Crippen LogP contribution in [0.3, 0.4) is 0 Å². The monoisotopic (exact) mass is 405 g/mol. The molecule has 1 fully saturated rings. The van der Waals surface area contributed by atoms with Gasteiger partial charge in [-0.1, -0.05) is 0 Å². The molecule has 138 valence electrons. The number of carbonyl (C=O) groups excluding carboxylic acids is 1. The average Bonchev–Trinajstić information content (AvgIpc) is 3.23. The van der Waals surface area contributed by atoms with Crippen LogP contribution >= 0.6 is 23.7 Å².